The van der Waals surface area contributed by atoms with E-state index in [1.165, 1.54) is 0 Å². The number of fused-ring (bicyclic) bond motifs is 1. The van der Waals surface area contributed by atoms with Crippen molar-refractivity contribution in [2.24, 2.45) is 0 Å². The van der Waals surface area contributed by atoms with E-state index in [9.17, 15) is 4.79 Å². The number of carbonyl (C=O) groups is 1. The molecule has 1 aliphatic rings. The number of hydrogen-bond donors (Lipinski definition) is 0. The van der Waals surface area contributed by atoms with Gasteiger partial charge in [-0.05, 0) is 26.3 Å². The number of carbonyl (C=O) groups excluding carboxylic acids is 1. The molecule has 1 atom stereocenters. The summed E-state index contributed by atoms with van der Waals surface area (Å²) in [5, 5.41) is 0. The Bertz CT molecular complexity index is 445. The first kappa shape index (κ1) is 14.0. The minimum absolute atomic E-state index is 0.0481. The first-order valence-electron chi connectivity index (χ1n) is 6.69. The zero-order valence-electron chi connectivity index (χ0n) is 11.8. The predicted molar refractivity (Wildman–Crippen MR) is 72.9 cm³/mol. The van der Waals surface area contributed by atoms with Crippen molar-refractivity contribution in [2.45, 2.75) is 32.6 Å². The molecule has 0 radical (unpaired) electrons. The average Bonchev–Trinajstić information content (AvgIpc) is 2.67. The molecule has 0 saturated heterocycles. The van der Waals surface area contributed by atoms with Crippen molar-refractivity contribution in [3.63, 3.8) is 0 Å². The van der Waals surface area contributed by atoms with E-state index in [0.717, 1.165) is 17.5 Å². The summed E-state index contributed by atoms with van der Waals surface area (Å²) in [6.07, 6.45) is 0.782. The summed E-state index contributed by atoms with van der Waals surface area (Å²) >= 11 is 0. The van der Waals surface area contributed by atoms with Crippen LogP contribution in [0.4, 0.5) is 0 Å². The smallest absolute Gasteiger partial charge is 0.256 e. The molecule has 0 bridgehead atoms. The molecule has 1 heterocycles. The zero-order chi connectivity index (χ0) is 13.8. The Morgan fingerprint density at radius 3 is 2.74 bits per heavy atom. The normalized spacial score (nSPS) is 18.2. The highest BCUT2D eigenvalue weighted by Crippen LogP contribution is 2.33. The molecule has 0 unspecified atom stereocenters. The Kier molecular flexibility index (Phi) is 4.56. The fourth-order valence-electron chi connectivity index (χ4n) is 2.36. The Labute approximate surface area is 114 Å². The molecule has 0 N–H and O–H groups in total. The molecule has 1 aromatic rings. The molecule has 1 aliphatic heterocycles. The van der Waals surface area contributed by atoms with E-state index in [-0.39, 0.29) is 18.2 Å². The summed E-state index contributed by atoms with van der Waals surface area (Å²) in [7, 11) is 1.64. The van der Waals surface area contributed by atoms with Gasteiger partial charge in [-0.1, -0.05) is 18.2 Å². The van der Waals surface area contributed by atoms with E-state index >= 15 is 0 Å². The van der Waals surface area contributed by atoms with Crippen molar-refractivity contribution in [3.05, 3.63) is 35.4 Å². The van der Waals surface area contributed by atoms with Crippen molar-refractivity contribution in [1.29, 1.82) is 0 Å². The van der Waals surface area contributed by atoms with E-state index in [1.54, 1.807) is 12.0 Å². The van der Waals surface area contributed by atoms with Crippen LogP contribution in [0, 0.1) is 0 Å². The SMILES string of the molecule is CO[C@H]1c2ccccc2C(=O)N1CCCOC(C)C. The van der Waals surface area contributed by atoms with Crippen molar-refractivity contribution in [1.82, 2.24) is 4.90 Å². The van der Waals surface area contributed by atoms with Crippen LogP contribution in [-0.2, 0) is 9.47 Å². The molecular weight excluding hydrogens is 242 g/mol. The summed E-state index contributed by atoms with van der Waals surface area (Å²) in [5.41, 5.74) is 1.71. The zero-order valence-corrected chi connectivity index (χ0v) is 11.8. The fraction of sp³-hybridized carbons (Fsp3) is 0.533. The molecule has 0 saturated carbocycles. The van der Waals surface area contributed by atoms with Crippen LogP contribution in [0.5, 0.6) is 0 Å². The van der Waals surface area contributed by atoms with Crippen LogP contribution in [0.1, 0.15) is 42.4 Å². The summed E-state index contributed by atoms with van der Waals surface area (Å²) < 4.78 is 11.0. The van der Waals surface area contributed by atoms with Gasteiger partial charge in [-0.25, -0.2) is 0 Å². The maximum atomic E-state index is 12.3. The minimum Gasteiger partial charge on any atom is -0.379 e. The molecule has 0 spiro atoms. The highest BCUT2D eigenvalue weighted by Gasteiger charge is 2.35. The highest BCUT2D eigenvalue weighted by molar-refractivity contribution is 5.98. The molecule has 2 rings (SSSR count). The second kappa shape index (κ2) is 6.17. The lowest BCUT2D eigenvalue weighted by Gasteiger charge is -2.24. The molecule has 4 nitrogen and oxygen atoms in total. The van der Waals surface area contributed by atoms with Crippen LogP contribution in [-0.4, -0.2) is 37.2 Å². The molecule has 4 heteroatoms. The fourth-order valence-corrected chi connectivity index (χ4v) is 2.36. The monoisotopic (exact) mass is 263 g/mol. The van der Waals surface area contributed by atoms with Crippen molar-refractivity contribution in [2.75, 3.05) is 20.3 Å². The van der Waals surface area contributed by atoms with Crippen molar-refractivity contribution < 1.29 is 14.3 Å². The van der Waals surface area contributed by atoms with Gasteiger partial charge in [0.1, 0.15) is 0 Å². The van der Waals surface area contributed by atoms with Gasteiger partial charge in [0, 0.05) is 31.4 Å². The van der Waals surface area contributed by atoms with Crippen molar-refractivity contribution in [3.8, 4) is 0 Å². The van der Waals surface area contributed by atoms with Crippen LogP contribution in [0.15, 0.2) is 24.3 Å². The lowest BCUT2D eigenvalue weighted by atomic mass is 10.1. The molecule has 1 amide bonds. The Hall–Kier alpha value is -1.39. The largest absolute Gasteiger partial charge is 0.379 e. The van der Waals surface area contributed by atoms with Gasteiger partial charge in [-0.15, -0.1) is 0 Å². The average molecular weight is 263 g/mol. The van der Waals surface area contributed by atoms with Crippen LogP contribution < -0.4 is 0 Å². The maximum absolute atomic E-state index is 12.3. The van der Waals surface area contributed by atoms with Crippen LogP contribution in [0.2, 0.25) is 0 Å². The van der Waals surface area contributed by atoms with Gasteiger partial charge in [0.2, 0.25) is 0 Å². The van der Waals surface area contributed by atoms with E-state index in [0.29, 0.717) is 13.2 Å². The first-order chi connectivity index (χ1) is 9.15. The lowest BCUT2D eigenvalue weighted by Crippen LogP contribution is -2.30. The summed E-state index contributed by atoms with van der Waals surface area (Å²) in [6.45, 7) is 5.33. The molecular formula is C15H21NO3. The number of ether oxygens (including phenoxy) is 2. The number of nitrogens with zero attached hydrogens (tertiary/aromatic N) is 1. The number of methoxy groups -OCH3 is 1. The predicted octanol–water partition coefficient (Wildman–Crippen LogP) is 2.60. The van der Waals surface area contributed by atoms with Gasteiger partial charge >= 0.3 is 0 Å². The molecule has 0 aromatic heterocycles. The van der Waals surface area contributed by atoms with E-state index in [4.69, 9.17) is 9.47 Å². The summed E-state index contributed by atoms with van der Waals surface area (Å²) in [6, 6.07) is 7.62. The second-order valence-electron chi connectivity index (χ2n) is 4.95. The van der Waals surface area contributed by atoms with Gasteiger partial charge in [0.25, 0.3) is 5.91 Å². The standard InChI is InChI=1S/C15H21NO3/c1-11(2)19-10-6-9-16-14(17)12-7-4-5-8-13(12)15(16)18-3/h4-5,7-8,11,15H,6,9-10H2,1-3H3/t15-/m0/s1. The second-order valence-corrected chi connectivity index (χ2v) is 4.95. The Balaban J connectivity index is 2.00. The maximum Gasteiger partial charge on any atom is 0.256 e. The van der Waals surface area contributed by atoms with Gasteiger partial charge < -0.3 is 14.4 Å². The van der Waals surface area contributed by atoms with Gasteiger partial charge in [-0.3, -0.25) is 4.79 Å². The first-order valence-corrected chi connectivity index (χ1v) is 6.69. The van der Waals surface area contributed by atoms with E-state index in [2.05, 4.69) is 0 Å². The summed E-state index contributed by atoms with van der Waals surface area (Å²) in [5.74, 6) is 0.0481. The molecule has 104 valence electrons. The molecule has 1 aromatic carbocycles. The van der Waals surface area contributed by atoms with Crippen molar-refractivity contribution >= 4 is 5.91 Å². The number of amides is 1. The highest BCUT2D eigenvalue weighted by atomic mass is 16.5. The van der Waals surface area contributed by atoms with Crippen LogP contribution >= 0.6 is 0 Å². The van der Waals surface area contributed by atoms with Crippen LogP contribution in [0.25, 0.3) is 0 Å². The van der Waals surface area contributed by atoms with Crippen LogP contribution in [0.3, 0.4) is 0 Å². The Morgan fingerprint density at radius 1 is 1.32 bits per heavy atom. The topological polar surface area (TPSA) is 38.8 Å². The molecule has 0 fully saturated rings. The molecule has 19 heavy (non-hydrogen) atoms. The lowest BCUT2D eigenvalue weighted by molar-refractivity contribution is -0.0174. The quantitative estimate of drug-likeness (QED) is 0.740. The third-order valence-electron chi connectivity index (χ3n) is 3.22. The third-order valence-corrected chi connectivity index (χ3v) is 3.22. The van der Waals surface area contributed by atoms with Gasteiger partial charge in [0.05, 0.1) is 6.10 Å². The molecule has 0 aliphatic carbocycles. The van der Waals surface area contributed by atoms with Gasteiger partial charge in [0.15, 0.2) is 6.23 Å². The number of rotatable bonds is 6. The minimum atomic E-state index is -0.261. The summed E-state index contributed by atoms with van der Waals surface area (Å²) in [4.78, 5) is 14.1. The van der Waals surface area contributed by atoms with E-state index < -0.39 is 0 Å². The third kappa shape index (κ3) is 2.96. The number of hydrogen-bond acceptors (Lipinski definition) is 3. The Morgan fingerprint density at radius 2 is 2.05 bits per heavy atom. The number of benzene rings is 1. The van der Waals surface area contributed by atoms with E-state index in [1.807, 2.05) is 38.1 Å². The van der Waals surface area contributed by atoms with Gasteiger partial charge in [-0.2, -0.15) is 0 Å².